The van der Waals surface area contributed by atoms with E-state index in [-0.39, 0.29) is 30.8 Å². The maximum Gasteiger partial charge on any atom is 0.336 e. The molecule has 160 valence electrons. The van der Waals surface area contributed by atoms with Gasteiger partial charge in [-0.3, -0.25) is 0 Å². The van der Waals surface area contributed by atoms with E-state index in [0.717, 1.165) is 32.1 Å². The van der Waals surface area contributed by atoms with Crippen molar-refractivity contribution in [2.45, 2.75) is 46.0 Å². The summed E-state index contributed by atoms with van der Waals surface area (Å²) in [7, 11) is 0. The Balaban J connectivity index is 2.52. The zero-order chi connectivity index (χ0) is 21.4. The third-order valence-corrected chi connectivity index (χ3v) is 5.44. The molecule has 7 nitrogen and oxygen atoms in total. The van der Waals surface area contributed by atoms with E-state index in [2.05, 4.69) is 17.2 Å². The van der Waals surface area contributed by atoms with Gasteiger partial charge in [0.1, 0.15) is 6.61 Å². The van der Waals surface area contributed by atoms with Crippen LogP contribution in [0.2, 0.25) is 0 Å². The van der Waals surface area contributed by atoms with Crippen molar-refractivity contribution in [2.24, 2.45) is 17.6 Å². The predicted molar refractivity (Wildman–Crippen MR) is 116 cm³/mol. The van der Waals surface area contributed by atoms with Crippen molar-refractivity contribution in [3.8, 4) is 0 Å². The van der Waals surface area contributed by atoms with Crippen LogP contribution in [0.3, 0.4) is 0 Å². The van der Waals surface area contributed by atoms with Crippen LogP contribution in [0.5, 0.6) is 0 Å². The molecule has 2 rings (SSSR count). The number of hydrogen-bond acceptors (Lipinski definition) is 6. The van der Waals surface area contributed by atoms with Gasteiger partial charge in [-0.1, -0.05) is 31.9 Å². The summed E-state index contributed by atoms with van der Waals surface area (Å²) in [6, 6.07) is 0. The number of carbonyl (C=O) groups excluding carboxylic acids is 2. The van der Waals surface area contributed by atoms with Crippen LogP contribution < -0.4 is 16.4 Å². The number of rotatable bonds is 8. The minimum atomic E-state index is -0.436. The Morgan fingerprint density at radius 1 is 1.24 bits per heavy atom. The average molecular weight is 422 g/mol. The van der Waals surface area contributed by atoms with Gasteiger partial charge in [0.2, 0.25) is 0 Å². The summed E-state index contributed by atoms with van der Waals surface area (Å²) in [6.07, 6.45) is 6.70. The van der Waals surface area contributed by atoms with E-state index in [0.29, 0.717) is 22.5 Å². The fourth-order valence-electron chi connectivity index (χ4n) is 4.13. The molecule has 2 aliphatic rings. The normalized spacial score (nSPS) is 20.0. The lowest BCUT2D eigenvalue weighted by Crippen LogP contribution is -2.42. The third-order valence-electron chi connectivity index (χ3n) is 5.30. The van der Waals surface area contributed by atoms with Gasteiger partial charge in [-0.05, 0) is 44.8 Å². The fourth-order valence-corrected chi connectivity index (χ4v) is 4.20. The van der Waals surface area contributed by atoms with Crippen LogP contribution in [0.1, 0.15) is 46.0 Å². The molecular formula is C21H31N3O4S. The fraction of sp³-hybridized carbons (Fsp3) is 0.571. The number of esters is 2. The van der Waals surface area contributed by atoms with Gasteiger partial charge in [-0.15, -0.1) is 0 Å². The Morgan fingerprint density at radius 3 is 2.48 bits per heavy atom. The summed E-state index contributed by atoms with van der Waals surface area (Å²) in [5, 5.41) is 6.22. The Kier molecular flexibility index (Phi) is 8.70. The zero-order valence-electron chi connectivity index (χ0n) is 17.2. The highest BCUT2D eigenvalue weighted by atomic mass is 32.1. The minimum absolute atomic E-state index is 0.112. The first-order chi connectivity index (χ1) is 13.9. The Morgan fingerprint density at radius 2 is 1.90 bits per heavy atom. The largest absolute Gasteiger partial charge is 0.463 e. The lowest BCUT2D eigenvalue weighted by atomic mass is 9.70. The van der Waals surface area contributed by atoms with Gasteiger partial charge >= 0.3 is 11.9 Å². The molecule has 1 heterocycles. The third kappa shape index (κ3) is 5.82. The van der Waals surface area contributed by atoms with E-state index >= 15 is 0 Å². The first-order valence-corrected chi connectivity index (χ1v) is 10.5. The standard InChI is InChI=1S/C21H31N3O4S/c1-4-11-28-19(25)16-13(3)24-15(12-23-21(22)29)18(20(26)27-5-2)17(16)14-9-7-6-8-10-14/h4,14,17,24H,1,5-12H2,2-3H3,(H3,22,23,29). The second-order valence-electron chi connectivity index (χ2n) is 7.26. The molecule has 4 N–H and O–H groups in total. The zero-order valence-corrected chi connectivity index (χ0v) is 18.0. The summed E-state index contributed by atoms with van der Waals surface area (Å²) in [6.45, 7) is 7.79. The first-order valence-electron chi connectivity index (χ1n) is 10.1. The van der Waals surface area contributed by atoms with Crippen LogP contribution in [-0.2, 0) is 19.1 Å². The van der Waals surface area contributed by atoms with E-state index in [1.54, 1.807) is 6.92 Å². The molecule has 0 saturated heterocycles. The van der Waals surface area contributed by atoms with Crippen LogP contribution >= 0.6 is 12.2 Å². The molecule has 8 heteroatoms. The van der Waals surface area contributed by atoms with Crippen molar-refractivity contribution in [3.63, 3.8) is 0 Å². The Hall–Kier alpha value is -2.35. The summed E-state index contributed by atoms with van der Waals surface area (Å²) >= 11 is 4.92. The monoisotopic (exact) mass is 421 g/mol. The van der Waals surface area contributed by atoms with Crippen molar-refractivity contribution >= 4 is 29.3 Å². The second-order valence-corrected chi connectivity index (χ2v) is 7.70. The van der Waals surface area contributed by atoms with Crippen LogP contribution in [0.4, 0.5) is 0 Å². The van der Waals surface area contributed by atoms with Crippen molar-refractivity contribution in [1.82, 2.24) is 10.6 Å². The summed E-state index contributed by atoms with van der Waals surface area (Å²) in [4.78, 5) is 25.9. The number of carbonyl (C=O) groups is 2. The summed E-state index contributed by atoms with van der Waals surface area (Å²) < 4.78 is 10.7. The van der Waals surface area contributed by atoms with Gasteiger partial charge in [0, 0.05) is 17.3 Å². The highest BCUT2D eigenvalue weighted by Gasteiger charge is 2.42. The second kappa shape index (κ2) is 11.0. The van der Waals surface area contributed by atoms with Gasteiger partial charge in [0.15, 0.2) is 5.11 Å². The molecule has 1 fully saturated rings. The smallest absolute Gasteiger partial charge is 0.336 e. The molecule has 29 heavy (non-hydrogen) atoms. The van der Waals surface area contributed by atoms with Gasteiger partial charge < -0.3 is 25.8 Å². The van der Waals surface area contributed by atoms with Gasteiger partial charge in [-0.2, -0.15) is 0 Å². The van der Waals surface area contributed by atoms with E-state index < -0.39 is 17.9 Å². The maximum atomic E-state index is 13.0. The molecule has 0 bridgehead atoms. The van der Waals surface area contributed by atoms with Crippen LogP contribution in [-0.4, -0.2) is 36.8 Å². The topological polar surface area (TPSA) is 103 Å². The van der Waals surface area contributed by atoms with Crippen molar-refractivity contribution in [2.75, 3.05) is 19.8 Å². The molecule has 1 aliphatic carbocycles. The SMILES string of the molecule is C=CCOC(=O)C1=C(C)NC(CNC(N)=S)=C(C(=O)OCC)C1C1CCCCC1. The highest BCUT2D eigenvalue weighted by Crippen LogP contribution is 2.42. The Labute approximate surface area is 177 Å². The molecule has 1 unspecified atom stereocenters. The number of allylic oxidation sites excluding steroid dienone is 1. The number of nitrogens with one attached hydrogen (secondary N) is 2. The molecule has 0 aromatic heterocycles. The number of hydrogen-bond donors (Lipinski definition) is 3. The molecule has 0 aromatic carbocycles. The number of ether oxygens (including phenoxy) is 2. The lowest BCUT2D eigenvalue weighted by molar-refractivity contribution is -0.140. The molecule has 0 radical (unpaired) electrons. The molecular weight excluding hydrogens is 390 g/mol. The van der Waals surface area contributed by atoms with Gasteiger partial charge in [0.25, 0.3) is 0 Å². The van der Waals surface area contributed by atoms with Crippen molar-refractivity contribution < 1.29 is 19.1 Å². The van der Waals surface area contributed by atoms with Crippen LogP contribution in [0.25, 0.3) is 0 Å². The number of nitrogens with two attached hydrogens (primary N) is 1. The van der Waals surface area contributed by atoms with Crippen molar-refractivity contribution in [1.29, 1.82) is 0 Å². The quantitative estimate of drug-likeness (QED) is 0.312. The van der Waals surface area contributed by atoms with Gasteiger partial charge in [0.05, 0.1) is 24.3 Å². The number of dihydropyridines is 1. The molecule has 1 atom stereocenters. The molecule has 0 amide bonds. The maximum absolute atomic E-state index is 13.0. The van der Waals surface area contributed by atoms with E-state index in [4.69, 9.17) is 27.4 Å². The number of thiocarbonyl (C=S) groups is 1. The summed E-state index contributed by atoms with van der Waals surface area (Å²) in [5.74, 6) is -1.10. The molecule has 1 saturated carbocycles. The first kappa shape index (κ1) is 22.9. The minimum Gasteiger partial charge on any atom is -0.463 e. The average Bonchev–Trinajstić information content (AvgIpc) is 2.70. The van der Waals surface area contributed by atoms with E-state index in [1.165, 1.54) is 6.08 Å². The molecule has 0 aromatic rings. The van der Waals surface area contributed by atoms with E-state index in [9.17, 15) is 9.59 Å². The van der Waals surface area contributed by atoms with E-state index in [1.807, 2.05) is 6.92 Å². The Bertz CT molecular complexity index is 723. The van der Waals surface area contributed by atoms with Crippen LogP contribution in [0, 0.1) is 11.8 Å². The van der Waals surface area contributed by atoms with Crippen molar-refractivity contribution in [3.05, 3.63) is 35.2 Å². The highest BCUT2D eigenvalue weighted by molar-refractivity contribution is 7.80. The molecule has 1 aliphatic heterocycles. The lowest BCUT2D eigenvalue weighted by Gasteiger charge is -2.37. The van der Waals surface area contributed by atoms with Crippen LogP contribution in [0.15, 0.2) is 35.2 Å². The predicted octanol–water partition coefficient (Wildman–Crippen LogP) is 2.44. The summed E-state index contributed by atoms with van der Waals surface area (Å²) in [5.41, 5.74) is 7.83. The molecule has 0 spiro atoms. The van der Waals surface area contributed by atoms with Gasteiger partial charge in [-0.25, -0.2) is 9.59 Å².